The van der Waals surface area contributed by atoms with Crippen LogP contribution >= 0.6 is 11.3 Å². The first kappa shape index (κ1) is 8.28. The van der Waals surface area contributed by atoms with Crippen LogP contribution in [0.25, 0.3) is 10.1 Å². The van der Waals surface area contributed by atoms with Gasteiger partial charge in [0, 0.05) is 9.58 Å². The van der Waals surface area contributed by atoms with Gasteiger partial charge in [-0.05, 0) is 43.0 Å². The third kappa shape index (κ3) is 1.22. The monoisotopic (exact) mass is 187 g/mol. The molecule has 2 heteroatoms. The molecule has 1 heterocycles. The van der Waals surface area contributed by atoms with Gasteiger partial charge < -0.3 is 0 Å². The Labute approximate surface area is 81.2 Å². The van der Waals surface area contributed by atoms with E-state index < -0.39 is 0 Å². The fraction of sp³-hybridized carbons (Fsp3) is 0.182. The van der Waals surface area contributed by atoms with Gasteiger partial charge in [0.1, 0.15) is 0 Å². The number of benzene rings is 1. The third-order valence-corrected chi connectivity index (χ3v) is 3.49. The molecule has 1 nitrogen and oxygen atoms in total. The van der Waals surface area contributed by atoms with Crippen LogP contribution in [0.3, 0.4) is 0 Å². The van der Waals surface area contributed by atoms with E-state index >= 15 is 0 Å². The lowest BCUT2D eigenvalue weighted by molar-refractivity contribution is 1.46. The summed E-state index contributed by atoms with van der Waals surface area (Å²) in [5.41, 5.74) is 2.05. The van der Waals surface area contributed by atoms with E-state index in [1.165, 1.54) is 20.5 Å². The van der Waals surface area contributed by atoms with Gasteiger partial charge in [0.15, 0.2) is 0 Å². The molecule has 0 atom stereocenters. The lowest BCUT2D eigenvalue weighted by Crippen LogP contribution is -1.74. The number of hydrogen-bond acceptors (Lipinski definition) is 2. The van der Waals surface area contributed by atoms with Gasteiger partial charge in [0.2, 0.25) is 0 Å². The molecule has 0 unspecified atom stereocenters. The van der Waals surface area contributed by atoms with Crippen molar-refractivity contribution >= 4 is 21.4 Å². The SMILES string of the molecule is Cc1sc2ccc(C#N)cc2c1C. The molecule has 2 aromatic rings. The van der Waals surface area contributed by atoms with Crippen LogP contribution in [0.5, 0.6) is 0 Å². The van der Waals surface area contributed by atoms with Crippen molar-refractivity contribution in [1.29, 1.82) is 5.26 Å². The molecule has 1 aromatic heterocycles. The summed E-state index contributed by atoms with van der Waals surface area (Å²) in [4.78, 5) is 1.34. The number of nitriles is 1. The Kier molecular flexibility index (Phi) is 1.82. The fourth-order valence-corrected chi connectivity index (χ4v) is 2.46. The predicted octanol–water partition coefficient (Wildman–Crippen LogP) is 3.39. The van der Waals surface area contributed by atoms with Crippen LogP contribution in [0.2, 0.25) is 0 Å². The number of thiophene rings is 1. The molecule has 0 aliphatic rings. The molecule has 0 saturated heterocycles. The number of hydrogen-bond donors (Lipinski definition) is 0. The molecule has 0 aliphatic heterocycles. The number of rotatable bonds is 0. The summed E-state index contributed by atoms with van der Waals surface area (Å²) in [6.07, 6.45) is 0. The van der Waals surface area contributed by atoms with Crippen LogP contribution < -0.4 is 0 Å². The summed E-state index contributed by atoms with van der Waals surface area (Å²) in [5.74, 6) is 0. The minimum Gasteiger partial charge on any atom is -0.192 e. The molecule has 0 bridgehead atoms. The van der Waals surface area contributed by atoms with E-state index in [0.29, 0.717) is 0 Å². The van der Waals surface area contributed by atoms with Gasteiger partial charge in [0.05, 0.1) is 11.6 Å². The van der Waals surface area contributed by atoms with E-state index in [1.54, 1.807) is 11.3 Å². The van der Waals surface area contributed by atoms with Crippen molar-refractivity contribution < 1.29 is 0 Å². The van der Waals surface area contributed by atoms with Gasteiger partial charge in [0.25, 0.3) is 0 Å². The molecule has 0 aliphatic carbocycles. The highest BCUT2D eigenvalue weighted by atomic mass is 32.1. The zero-order valence-electron chi connectivity index (χ0n) is 7.59. The normalized spacial score (nSPS) is 10.2. The van der Waals surface area contributed by atoms with Gasteiger partial charge in [-0.25, -0.2) is 0 Å². The van der Waals surface area contributed by atoms with E-state index in [1.807, 2.05) is 18.2 Å². The number of aryl methyl sites for hydroxylation is 2. The minimum atomic E-state index is 0.744. The molecular weight excluding hydrogens is 178 g/mol. The molecule has 0 radical (unpaired) electrons. The van der Waals surface area contributed by atoms with Crippen LogP contribution in [-0.4, -0.2) is 0 Å². The fourth-order valence-electron chi connectivity index (χ4n) is 1.41. The molecule has 0 amide bonds. The van der Waals surface area contributed by atoms with Crippen LogP contribution in [-0.2, 0) is 0 Å². The number of fused-ring (bicyclic) bond motifs is 1. The first-order chi connectivity index (χ1) is 6.22. The second-order valence-electron chi connectivity index (χ2n) is 3.11. The quantitative estimate of drug-likeness (QED) is 0.620. The Morgan fingerprint density at radius 3 is 2.77 bits per heavy atom. The topological polar surface area (TPSA) is 23.8 Å². The van der Waals surface area contributed by atoms with Gasteiger partial charge in [-0.3, -0.25) is 0 Å². The van der Waals surface area contributed by atoms with E-state index in [4.69, 9.17) is 5.26 Å². The molecule has 64 valence electrons. The van der Waals surface area contributed by atoms with Crippen LogP contribution in [0.15, 0.2) is 18.2 Å². The average Bonchev–Trinajstić information content (AvgIpc) is 2.43. The maximum atomic E-state index is 8.75. The summed E-state index contributed by atoms with van der Waals surface area (Å²) >= 11 is 1.79. The molecule has 0 fully saturated rings. The summed E-state index contributed by atoms with van der Waals surface area (Å²) in [7, 11) is 0. The van der Waals surface area contributed by atoms with Crippen LogP contribution in [0.1, 0.15) is 16.0 Å². The second kappa shape index (κ2) is 2.86. The van der Waals surface area contributed by atoms with E-state index in [9.17, 15) is 0 Å². The molecule has 0 N–H and O–H groups in total. The Bertz CT molecular complexity index is 503. The highest BCUT2D eigenvalue weighted by Gasteiger charge is 2.04. The van der Waals surface area contributed by atoms with Crippen LogP contribution in [0, 0.1) is 25.2 Å². The van der Waals surface area contributed by atoms with Gasteiger partial charge in [-0.1, -0.05) is 0 Å². The Morgan fingerprint density at radius 1 is 1.31 bits per heavy atom. The first-order valence-corrected chi connectivity index (χ1v) is 4.94. The van der Waals surface area contributed by atoms with E-state index in [2.05, 4.69) is 19.9 Å². The van der Waals surface area contributed by atoms with E-state index in [-0.39, 0.29) is 0 Å². The smallest absolute Gasteiger partial charge is 0.0991 e. The average molecular weight is 187 g/mol. The molecule has 2 rings (SSSR count). The molecule has 1 aromatic carbocycles. The highest BCUT2D eigenvalue weighted by molar-refractivity contribution is 7.19. The van der Waals surface area contributed by atoms with Crippen LogP contribution in [0.4, 0.5) is 0 Å². The Balaban J connectivity index is 2.84. The third-order valence-electron chi connectivity index (χ3n) is 2.30. The summed E-state index contributed by atoms with van der Waals surface area (Å²) < 4.78 is 1.27. The Morgan fingerprint density at radius 2 is 2.08 bits per heavy atom. The van der Waals surface area contributed by atoms with Crippen molar-refractivity contribution in [1.82, 2.24) is 0 Å². The van der Waals surface area contributed by atoms with Crippen molar-refractivity contribution in [2.24, 2.45) is 0 Å². The van der Waals surface area contributed by atoms with Gasteiger partial charge in [-0.15, -0.1) is 11.3 Å². The summed E-state index contributed by atoms with van der Waals surface area (Å²) in [5, 5.41) is 9.97. The molecular formula is C11H9NS. The number of nitrogens with zero attached hydrogens (tertiary/aromatic N) is 1. The molecule has 0 saturated carbocycles. The highest BCUT2D eigenvalue weighted by Crippen LogP contribution is 2.30. The van der Waals surface area contributed by atoms with Crippen molar-refractivity contribution in [3.05, 3.63) is 34.2 Å². The van der Waals surface area contributed by atoms with E-state index in [0.717, 1.165) is 5.56 Å². The zero-order valence-corrected chi connectivity index (χ0v) is 8.40. The second-order valence-corrected chi connectivity index (χ2v) is 4.36. The standard InChI is InChI=1S/C11H9NS/c1-7-8(2)13-11-4-3-9(6-12)5-10(7)11/h3-5H,1-2H3. The molecule has 13 heavy (non-hydrogen) atoms. The lowest BCUT2D eigenvalue weighted by Gasteiger charge is -1.92. The summed E-state index contributed by atoms with van der Waals surface area (Å²) in [6.45, 7) is 4.22. The minimum absolute atomic E-state index is 0.744. The van der Waals surface area contributed by atoms with Gasteiger partial charge in [-0.2, -0.15) is 5.26 Å². The van der Waals surface area contributed by atoms with Crippen molar-refractivity contribution in [3.8, 4) is 6.07 Å². The maximum absolute atomic E-state index is 8.75. The summed E-state index contributed by atoms with van der Waals surface area (Å²) in [6, 6.07) is 8.03. The van der Waals surface area contributed by atoms with Crippen molar-refractivity contribution in [2.45, 2.75) is 13.8 Å². The maximum Gasteiger partial charge on any atom is 0.0991 e. The van der Waals surface area contributed by atoms with Crippen molar-refractivity contribution in [3.63, 3.8) is 0 Å². The largest absolute Gasteiger partial charge is 0.192 e. The van der Waals surface area contributed by atoms with Crippen molar-refractivity contribution in [2.75, 3.05) is 0 Å². The zero-order chi connectivity index (χ0) is 9.42. The molecule has 0 spiro atoms. The van der Waals surface area contributed by atoms with Gasteiger partial charge >= 0.3 is 0 Å². The first-order valence-electron chi connectivity index (χ1n) is 4.12. The predicted molar refractivity (Wildman–Crippen MR) is 56.0 cm³/mol. The lowest BCUT2D eigenvalue weighted by atomic mass is 10.1. The Hall–Kier alpha value is -1.33.